The fraction of sp³-hybridized carbons (Fsp3) is 0.0714. The molecule has 0 aliphatic carbocycles. The Balaban J connectivity index is 2.64. The molecule has 1 aromatic carbocycles. The van der Waals surface area contributed by atoms with Crippen LogP contribution in [0.4, 0.5) is 15.8 Å². The van der Waals surface area contributed by atoms with E-state index in [1.165, 1.54) is 12.3 Å². The van der Waals surface area contributed by atoms with Crippen LogP contribution in [0.5, 0.6) is 0 Å². The molecule has 1 aromatic heterocycles. The van der Waals surface area contributed by atoms with Crippen molar-refractivity contribution >= 4 is 35.0 Å². The van der Waals surface area contributed by atoms with Gasteiger partial charge in [0.05, 0.1) is 16.4 Å². The molecule has 0 aliphatic rings. The van der Waals surface area contributed by atoms with Gasteiger partial charge in [-0.1, -0.05) is 11.6 Å². The number of nitrogens with zero attached hydrogens (tertiary/aromatic N) is 1. The third-order valence-corrected chi connectivity index (χ3v) is 3.54. The van der Waals surface area contributed by atoms with Crippen molar-refractivity contribution in [3.8, 4) is 0 Å². The normalized spacial score (nSPS) is 10.4. The van der Waals surface area contributed by atoms with E-state index in [9.17, 15) is 9.18 Å². The number of pyridine rings is 1. The maximum atomic E-state index is 13.4. The van der Waals surface area contributed by atoms with Gasteiger partial charge in [-0.25, -0.2) is 9.37 Å². The Kier molecular flexibility index (Phi) is 3.90. The van der Waals surface area contributed by atoms with E-state index < -0.39 is 11.6 Å². The summed E-state index contributed by atoms with van der Waals surface area (Å²) in [5, 5.41) is 7.65. The summed E-state index contributed by atoms with van der Waals surface area (Å²) in [6, 6.07) is 2.31. The monoisotopic (exact) mass is 306 g/mol. The average Bonchev–Trinajstić information content (AvgIpc) is 2.47. The highest BCUT2D eigenvalue weighted by atomic mass is 35.5. The first kappa shape index (κ1) is 14.9. The number of nitrogens with one attached hydrogen (secondary N) is 1. The lowest BCUT2D eigenvalue weighted by atomic mass is 9.98. The number of rotatable bonds is 3. The van der Waals surface area contributed by atoms with E-state index in [-0.39, 0.29) is 28.2 Å². The lowest BCUT2D eigenvalue weighted by Crippen LogP contribution is -2.13. The van der Waals surface area contributed by atoms with Gasteiger partial charge in [0.1, 0.15) is 11.5 Å². The van der Waals surface area contributed by atoms with Crippen LogP contribution in [-0.4, -0.2) is 17.0 Å². The van der Waals surface area contributed by atoms with Crippen LogP contribution in [0, 0.1) is 18.2 Å². The summed E-state index contributed by atoms with van der Waals surface area (Å²) in [7, 11) is 0. The van der Waals surface area contributed by atoms with E-state index in [0.29, 0.717) is 10.6 Å². The van der Waals surface area contributed by atoms with Crippen LogP contribution >= 0.6 is 11.6 Å². The van der Waals surface area contributed by atoms with Gasteiger partial charge in [-0.05, 0) is 24.6 Å². The zero-order valence-electron chi connectivity index (χ0n) is 11.1. The Bertz CT molecular complexity index is 761. The minimum absolute atomic E-state index is 0.00574. The van der Waals surface area contributed by atoms with Crippen molar-refractivity contribution in [2.75, 3.05) is 11.5 Å². The molecule has 1 heterocycles. The lowest BCUT2D eigenvalue weighted by Gasteiger charge is -2.11. The van der Waals surface area contributed by atoms with Gasteiger partial charge in [0.2, 0.25) is 5.78 Å². The number of hydrogen-bond donors (Lipinski definition) is 3. The molecule has 2 rings (SSSR count). The van der Waals surface area contributed by atoms with Crippen molar-refractivity contribution < 1.29 is 9.18 Å². The Labute approximate surface area is 125 Å². The van der Waals surface area contributed by atoms with Crippen molar-refractivity contribution in [1.82, 2.24) is 4.98 Å². The summed E-state index contributed by atoms with van der Waals surface area (Å²) in [6.45, 7) is 1.66. The highest BCUT2D eigenvalue weighted by Gasteiger charge is 2.21. The molecule has 5 nitrogen and oxygen atoms in total. The van der Waals surface area contributed by atoms with Crippen molar-refractivity contribution in [2.24, 2.45) is 0 Å². The van der Waals surface area contributed by atoms with Crippen molar-refractivity contribution in [1.29, 1.82) is 5.41 Å². The molecule has 0 saturated carbocycles. The van der Waals surface area contributed by atoms with E-state index in [1.54, 1.807) is 6.92 Å². The van der Waals surface area contributed by atoms with Crippen molar-refractivity contribution in [2.45, 2.75) is 6.92 Å². The molecule has 7 heteroatoms. The van der Waals surface area contributed by atoms with Crippen LogP contribution in [-0.2, 0) is 0 Å². The van der Waals surface area contributed by atoms with E-state index >= 15 is 0 Å². The fourth-order valence-corrected chi connectivity index (χ4v) is 2.02. The van der Waals surface area contributed by atoms with Crippen LogP contribution in [0.2, 0.25) is 5.02 Å². The number of nitrogen functional groups attached to an aromatic ring is 2. The van der Waals surface area contributed by atoms with E-state index in [4.69, 9.17) is 28.5 Å². The maximum Gasteiger partial charge on any atom is 0.214 e. The first-order valence-corrected chi connectivity index (χ1v) is 6.30. The molecule has 0 saturated heterocycles. The molecule has 0 unspecified atom stereocenters. The Hall–Kier alpha value is -2.47. The number of carbonyl (C=O) groups excluding carboxylic acids is 1. The van der Waals surface area contributed by atoms with Gasteiger partial charge in [0, 0.05) is 23.5 Å². The van der Waals surface area contributed by atoms with Gasteiger partial charge in [0.25, 0.3) is 0 Å². The summed E-state index contributed by atoms with van der Waals surface area (Å²) in [4.78, 5) is 16.4. The highest BCUT2D eigenvalue weighted by molar-refractivity contribution is 6.32. The number of nitrogens with two attached hydrogens (primary N) is 2. The molecular formula is C14H12ClFN4O. The van der Waals surface area contributed by atoms with Crippen LogP contribution in [0.25, 0.3) is 0 Å². The van der Waals surface area contributed by atoms with E-state index in [0.717, 1.165) is 12.3 Å². The summed E-state index contributed by atoms with van der Waals surface area (Å²) in [5.74, 6) is -1.24. The second kappa shape index (κ2) is 5.49. The summed E-state index contributed by atoms with van der Waals surface area (Å²) >= 11 is 5.88. The van der Waals surface area contributed by atoms with Gasteiger partial charge >= 0.3 is 0 Å². The second-order valence-electron chi connectivity index (χ2n) is 4.39. The van der Waals surface area contributed by atoms with Crippen LogP contribution in [0.15, 0.2) is 18.3 Å². The number of halogens is 2. The van der Waals surface area contributed by atoms with Gasteiger partial charge < -0.3 is 16.9 Å². The number of benzene rings is 1. The van der Waals surface area contributed by atoms with Crippen LogP contribution < -0.4 is 11.5 Å². The van der Waals surface area contributed by atoms with Gasteiger partial charge in [-0.2, -0.15) is 0 Å². The van der Waals surface area contributed by atoms with Crippen LogP contribution in [0.3, 0.4) is 0 Å². The SMILES string of the molecule is Cc1c(Cl)cnc(C(=O)c2ccc(F)c(N)c2C=N)c1N. The predicted molar refractivity (Wildman–Crippen MR) is 80.5 cm³/mol. The van der Waals surface area contributed by atoms with E-state index in [2.05, 4.69) is 4.98 Å². The summed E-state index contributed by atoms with van der Waals surface area (Å²) in [6.07, 6.45) is 2.14. The molecule has 0 spiro atoms. The maximum absolute atomic E-state index is 13.4. The predicted octanol–water partition coefficient (Wildman–Crippen LogP) is 2.58. The smallest absolute Gasteiger partial charge is 0.214 e. The lowest BCUT2D eigenvalue weighted by molar-refractivity contribution is 0.103. The summed E-state index contributed by atoms with van der Waals surface area (Å²) in [5.41, 5.74) is 11.9. The average molecular weight is 307 g/mol. The first-order valence-electron chi connectivity index (χ1n) is 5.92. The minimum Gasteiger partial charge on any atom is -0.397 e. The molecule has 5 N–H and O–H groups in total. The third kappa shape index (κ3) is 2.45. The molecule has 0 fully saturated rings. The zero-order chi connectivity index (χ0) is 15.7. The Morgan fingerprint density at radius 2 is 2.05 bits per heavy atom. The minimum atomic E-state index is -0.696. The zero-order valence-corrected chi connectivity index (χ0v) is 11.8. The topological polar surface area (TPSA) is 106 Å². The molecular weight excluding hydrogens is 295 g/mol. The highest BCUT2D eigenvalue weighted by Crippen LogP contribution is 2.27. The Morgan fingerprint density at radius 1 is 1.38 bits per heavy atom. The molecule has 0 bridgehead atoms. The first-order chi connectivity index (χ1) is 9.88. The Morgan fingerprint density at radius 3 is 2.67 bits per heavy atom. The molecule has 0 radical (unpaired) electrons. The third-order valence-electron chi connectivity index (χ3n) is 3.16. The van der Waals surface area contributed by atoms with Crippen LogP contribution in [0.1, 0.15) is 27.2 Å². The largest absolute Gasteiger partial charge is 0.397 e. The molecule has 108 valence electrons. The number of aromatic nitrogens is 1. The van der Waals surface area contributed by atoms with Crippen molar-refractivity contribution in [3.63, 3.8) is 0 Å². The number of ketones is 1. The van der Waals surface area contributed by atoms with Crippen molar-refractivity contribution in [3.05, 3.63) is 51.6 Å². The number of carbonyl (C=O) groups is 1. The molecule has 2 aromatic rings. The van der Waals surface area contributed by atoms with E-state index in [1.807, 2.05) is 0 Å². The quantitative estimate of drug-likeness (QED) is 0.460. The van der Waals surface area contributed by atoms with Gasteiger partial charge in [0.15, 0.2) is 0 Å². The molecule has 0 aliphatic heterocycles. The summed E-state index contributed by atoms with van der Waals surface area (Å²) < 4.78 is 13.4. The number of hydrogen-bond acceptors (Lipinski definition) is 5. The number of anilines is 2. The van der Waals surface area contributed by atoms with Gasteiger partial charge in [-0.3, -0.25) is 4.79 Å². The molecule has 21 heavy (non-hydrogen) atoms. The molecule has 0 atom stereocenters. The fourth-order valence-electron chi connectivity index (χ4n) is 1.87. The van der Waals surface area contributed by atoms with Gasteiger partial charge in [-0.15, -0.1) is 0 Å². The standard InChI is InChI=1S/C14H12ClFN4O/c1-6-9(15)5-20-13(11(6)18)14(21)7-2-3-10(16)12(19)8(7)4-17/h2-5,17H,18-19H2,1H3. The second-order valence-corrected chi connectivity index (χ2v) is 4.80. The molecule has 0 amide bonds.